The normalized spacial score (nSPS) is 25.0. The van der Waals surface area contributed by atoms with E-state index in [0.29, 0.717) is 23.9 Å². The van der Waals surface area contributed by atoms with Crippen molar-refractivity contribution in [2.24, 2.45) is 5.41 Å². The minimum absolute atomic E-state index is 0.0852. The van der Waals surface area contributed by atoms with Gasteiger partial charge >= 0.3 is 12.0 Å². The molecule has 13 heteroatoms. The van der Waals surface area contributed by atoms with Gasteiger partial charge in [-0.3, -0.25) is 9.59 Å². The molecule has 2 fully saturated rings. The maximum atomic E-state index is 12.8. The molecule has 2 aromatic rings. The Morgan fingerprint density at radius 3 is 2.85 bits per heavy atom. The fourth-order valence-corrected chi connectivity index (χ4v) is 7.08. The molecule has 4 rings (SSSR count). The van der Waals surface area contributed by atoms with Crippen molar-refractivity contribution in [3.63, 3.8) is 0 Å². The number of hydrogen-bond acceptors (Lipinski definition) is 8. The summed E-state index contributed by atoms with van der Waals surface area (Å²) in [7, 11) is 0. The number of amides is 3. The van der Waals surface area contributed by atoms with E-state index in [4.69, 9.17) is 0 Å². The van der Waals surface area contributed by atoms with Crippen LogP contribution in [-0.2, 0) is 16.1 Å². The van der Waals surface area contributed by atoms with Crippen LogP contribution in [0, 0.1) is 5.41 Å². The highest BCUT2D eigenvalue weighted by Crippen LogP contribution is 2.48. The highest BCUT2D eigenvalue weighted by molar-refractivity contribution is 8.01. The van der Waals surface area contributed by atoms with E-state index in [2.05, 4.69) is 31.3 Å². The van der Waals surface area contributed by atoms with E-state index in [1.165, 1.54) is 23.5 Å². The molecular weight excluding hydrogens is 466 g/mol. The van der Waals surface area contributed by atoms with E-state index in [1.54, 1.807) is 4.90 Å². The second-order valence-corrected chi connectivity index (χ2v) is 10.3. The van der Waals surface area contributed by atoms with E-state index in [1.807, 2.05) is 37.3 Å². The minimum atomic E-state index is -1.15. The molecule has 0 spiro atoms. The van der Waals surface area contributed by atoms with Gasteiger partial charge in [0.25, 0.3) is 0 Å². The molecular formula is C20H25N7O4S2. The number of carbonyl (C=O) groups is 3. The predicted octanol–water partition coefficient (Wildman–Crippen LogP) is 1.31. The van der Waals surface area contributed by atoms with Gasteiger partial charge in [-0.15, -0.1) is 16.9 Å². The first kappa shape index (κ1) is 23.4. The van der Waals surface area contributed by atoms with E-state index in [-0.39, 0.29) is 23.1 Å². The van der Waals surface area contributed by atoms with E-state index >= 15 is 0 Å². The summed E-state index contributed by atoms with van der Waals surface area (Å²) in [6.45, 7) is 2.43. The molecule has 0 radical (unpaired) electrons. The van der Waals surface area contributed by atoms with Crippen molar-refractivity contribution >= 4 is 41.4 Å². The predicted molar refractivity (Wildman–Crippen MR) is 122 cm³/mol. The summed E-state index contributed by atoms with van der Waals surface area (Å²) < 4.78 is 0. The van der Waals surface area contributed by atoms with E-state index in [9.17, 15) is 19.5 Å². The number of urea groups is 1. The molecule has 0 bridgehead atoms. The van der Waals surface area contributed by atoms with Crippen molar-refractivity contribution in [2.45, 2.75) is 48.1 Å². The molecule has 3 amide bonds. The molecule has 3 unspecified atom stereocenters. The van der Waals surface area contributed by atoms with Crippen LogP contribution >= 0.6 is 23.5 Å². The Morgan fingerprint density at radius 1 is 1.39 bits per heavy atom. The molecule has 33 heavy (non-hydrogen) atoms. The lowest BCUT2D eigenvalue weighted by Crippen LogP contribution is -2.75. The van der Waals surface area contributed by atoms with Gasteiger partial charge in [0.2, 0.25) is 11.1 Å². The average molecular weight is 492 g/mol. The first-order valence-corrected chi connectivity index (χ1v) is 12.5. The van der Waals surface area contributed by atoms with Crippen molar-refractivity contribution < 1.29 is 19.5 Å². The van der Waals surface area contributed by atoms with Crippen molar-refractivity contribution in [1.82, 2.24) is 36.2 Å². The lowest BCUT2D eigenvalue weighted by Gasteiger charge is -2.55. The number of fused-ring (bicyclic) bond motifs is 1. The number of aromatic amines is 1. The lowest BCUT2D eigenvalue weighted by atomic mass is 9.81. The van der Waals surface area contributed by atoms with Crippen LogP contribution in [0.25, 0.3) is 0 Å². The number of benzene rings is 1. The van der Waals surface area contributed by atoms with Crippen LogP contribution in [0.2, 0.25) is 0 Å². The zero-order valence-corrected chi connectivity index (χ0v) is 19.6. The second kappa shape index (κ2) is 10.00. The highest BCUT2D eigenvalue weighted by atomic mass is 32.2. The largest absolute Gasteiger partial charge is 0.481 e. The van der Waals surface area contributed by atoms with E-state index in [0.717, 1.165) is 12.0 Å². The van der Waals surface area contributed by atoms with Gasteiger partial charge in [-0.2, -0.15) is 0 Å². The maximum Gasteiger partial charge on any atom is 0.315 e. The molecule has 0 saturated carbocycles. The molecule has 1 aromatic carbocycles. The zero-order chi connectivity index (χ0) is 23.4. The van der Waals surface area contributed by atoms with Crippen molar-refractivity contribution in [3.8, 4) is 0 Å². The smallest absolute Gasteiger partial charge is 0.315 e. The molecule has 4 N–H and O–H groups in total. The van der Waals surface area contributed by atoms with Crippen LogP contribution in [0.4, 0.5) is 4.79 Å². The van der Waals surface area contributed by atoms with E-state index < -0.39 is 23.5 Å². The van der Waals surface area contributed by atoms with Crippen molar-refractivity contribution in [3.05, 3.63) is 35.9 Å². The van der Waals surface area contributed by atoms with Crippen molar-refractivity contribution in [1.29, 1.82) is 0 Å². The fourth-order valence-electron chi connectivity index (χ4n) is 4.07. The molecule has 4 atom stereocenters. The van der Waals surface area contributed by atoms with Crippen LogP contribution in [0.1, 0.15) is 25.3 Å². The third-order valence-corrected chi connectivity index (χ3v) is 8.78. The summed E-state index contributed by atoms with van der Waals surface area (Å²) in [6, 6.07) is 8.38. The second-order valence-electron chi connectivity index (χ2n) is 8.02. The van der Waals surface area contributed by atoms with Crippen molar-refractivity contribution in [2.75, 3.05) is 12.3 Å². The number of rotatable bonds is 9. The van der Waals surface area contributed by atoms with Crippen LogP contribution in [0.15, 0.2) is 35.5 Å². The third kappa shape index (κ3) is 4.78. The fraction of sp³-hybridized carbons (Fsp3) is 0.500. The summed E-state index contributed by atoms with van der Waals surface area (Å²) in [5.41, 5.74) is -0.195. The number of aliphatic carboxylic acids is 1. The Kier molecular flexibility index (Phi) is 7.08. The molecule has 11 nitrogen and oxygen atoms in total. The van der Waals surface area contributed by atoms with Gasteiger partial charge < -0.3 is 20.6 Å². The van der Waals surface area contributed by atoms with Crippen LogP contribution < -0.4 is 10.6 Å². The Bertz CT molecular complexity index is 994. The first-order valence-electron chi connectivity index (χ1n) is 10.6. The van der Waals surface area contributed by atoms with Gasteiger partial charge in [-0.25, -0.2) is 9.89 Å². The highest BCUT2D eigenvalue weighted by Gasteiger charge is 2.60. The Labute approximate surface area is 198 Å². The Morgan fingerprint density at radius 2 is 2.18 bits per heavy atom. The molecule has 3 heterocycles. The summed E-state index contributed by atoms with van der Waals surface area (Å²) in [4.78, 5) is 39.2. The van der Waals surface area contributed by atoms with Gasteiger partial charge in [-0.05, 0) is 22.4 Å². The molecule has 1 aromatic heterocycles. The summed E-state index contributed by atoms with van der Waals surface area (Å²) in [5, 5.41) is 29.2. The molecule has 2 aliphatic rings. The minimum Gasteiger partial charge on any atom is -0.481 e. The lowest BCUT2D eigenvalue weighted by molar-refractivity contribution is -0.157. The number of tetrazole rings is 1. The SMILES string of the molecule is CCCC(Sc1nnn[nH]1)C1(C(=O)O)CS[C@@H]2C(NC(=O)NCc3ccccc3)C(=O)N2C1. The van der Waals surface area contributed by atoms with Gasteiger partial charge in [0, 0.05) is 24.1 Å². The number of thioether (sulfide) groups is 2. The Balaban J connectivity index is 1.40. The van der Waals surface area contributed by atoms with Crippen LogP contribution in [0.5, 0.6) is 0 Å². The number of nitrogens with zero attached hydrogens (tertiary/aromatic N) is 4. The summed E-state index contributed by atoms with van der Waals surface area (Å²) in [6.07, 6.45) is 1.41. The number of β-lactam (4-membered cyclic amide) rings is 1. The quantitative estimate of drug-likeness (QED) is 0.300. The van der Waals surface area contributed by atoms with Gasteiger partial charge in [0.1, 0.15) is 16.8 Å². The zero-order valence-electron chi connectivity index (χ0n) is 17.9. The summed E-state index contributed by atoms with van der Waals surface area (Å²) >= 11 is 2.68. The number of H-pyrrole nitrogens is 1. The maximum absolute atomic E-state index is 12.8. The molecule has 0 aliphatic carbocycles. The standard InChI is InChI=1S/C20H25N7O4S2/c1-2-6-13(33-19-23-25-26-24-19)20(17(29)30)10-27-15(28)14(16(27)32-11-20)22-18(31)21-9-12-7-4-3-5-8-12/h3-5,7-8,13-14,16H,2,6,9-11H2,1H3,(H,29,30)(H2,21,22,31)(H,23,24,25,26)/t13?,14?,16-,20?/m1/s1. The monoisotopic (exact) mass is 491 g/mol. The van der Waals surface area contributed by atoms with Crippen LogP contribution in [0.3, 0.4) is 0 Å². The van der Waals surface area contributed by atoms with Crippen LogP contribution in [-0.4, -0.2) is 77.5 Å². The van der Waals surface area contributed by atoms with Gasteiger partial charge in [-0.1, -0.05) is 55.4 Å². The molecule has 2 saturated heterocycles. The van der Waals surface area contributed by atoms with Gasteiger partial charge in [0.05, 0.1) is 0 Å². The third-order valence-electron chi connectivity index (χ3n) is 5.86. The molecule has 176 valence electrons. The summed E-state index contributed by atoms with van der Waals surface area (Å²) in [5.74, 6) is -0.897. The topological polar surface area (TPSA) is 153 Å². The number of aromatic nitrogens is 4. The number of carboxylic acid groups (broad SMARTS) is 1. The average Bonchev–Trinajstić information content (AvgIpc) is 3.34. The Hall–Kier alpha value is -2.80. The van der Waals surface area contributed by atoms with Gasteiger partial charge in [0.15, 0.2) is 0 Å². The molecule has 2 aliphatic heterocycles. The first-order chi connectivity index (χ1) is 15.9. The number of carboxylic acids is 1. The number of nitrogens with one attached hydrogen (secondary N) is 3. The number of hydrogen-bond donors (Lipinski definition) is 4. The number of carbonyl (C=O) groups excluding carboxylic acids is 2.